The van der Waals surface area contributed by atoms with Crippen LogP contribution in [0, 0.1) is 0 Å². The lowest BCUT2D eigenvalue weighted by Crippen LogP contribution is -2.31. The third-order valence-electron chi connectivity index (χ3n) is 4.16. The average Bonchev–Trinajstić information content (AvgIpc) is 3.11. The Bertz CT molecular complexity index is 1100. The predicted molar refractivity (Wildman–Crippen MR) is 118 cm³/mol. The summed E-state index contributed by atoms with van der Waals surface area (Å²) in [5, 5.41) is 3.81. The molecule has 1 heterocycles. The minimum absolute atomic E-state index is 0.0249. The van der Waals surface area contributed by atoms with Crippen LogP contribution >= 0.6 is 35.0 Å². The number of aromatic nitrogens is 2. The molecule has 164 valence electrons. The van der Waals surface area contributed by atoms with Gasteiger partial charge in [0.15, 0.2) is 5.16 Å². The summed E-state index contributed by atoms with van der Waals surface area (Å²) in [6, 6.07) is 9.82. The molecule has 0 aliphatic rings. The van der Waals surface area contributed by atoms with Gasteiger partial charge < -0.3 is 5.32 Å². The fraction of sp³-hybridized carbons (Fsp3) is 0.238. The van der Waals surface area contributed by atoms with Crippen molar-refractivity contribution in [3.8, 4) is 16.9 Å². The highest BCUT2D eigenvalue weighted by atomic mass is 35.5. The Hall–Kier alpha value is -2.16. The van der Waals surface area contributed by atoms with E-state index in [0.29, 0.717) is 26.5 Å². The molecule has 0 aliphatic carbocycles. The van der Waals surface area contributed by atoms with Gasteiger partial charge in [0.25, 0.3) is 0 Å². The van der Waals surface area contributed by atoms with Gasteiger partial charge in [-0.3, -0.25) is 9.36 Å². The molecule has 0 atom stereocenters. The maximum atomic E-state index is 13.3. The smallest absolute Gasteiger partial charge is 0.353 e. The van der Waals surface area contributed by atoms with Crippen molar-refractivity contribution in [3.63, 3.8) is 0 Å². The average molecular weight is 488 g/mol. The number of hydrogen-bond donors (Lipinski definition) is 1. The summed E-state index contributed by atoms with van der Waals surface area (Å²) in [5.41, 5.74) is 0.620. The summed E-state index contributed by atoms with van der Waals surface area (Å²) in [4.78, 5) is 16.4. The SMILES string of the molecule is CC(C)NC(=O)CSc1ncc(-c2ccc(Cl)c(Cl)c2)n1-c1cccc(C(F)(F)F)c1. The third kappa shape index (κ3) is 5.75. The molecule has 0 unspecified atom stereocenters. The van der Waals surface area contributed by atoms with Crippen LogP contribution in [-0.2, 0) is 11.0 Å². The topological polar surface area (TPSA) is 46.9 Å². The molecule has 31 heavy (non-hydrogen) atoms. The van der Waals surface area contributed by atoms with Crippen LogP contribution < -0.4 is 5.32 Å². The molecular weight excluding hydrogens is 470 g/mol. The van der Waals surface area contributed by atoms with Crippen molar-refractivity contribution < 1.29 is 18.0 Å². The number of carbonyl (C=O) groups excluding carboxylic acids is 1. The van der Waals surface area contributed by atoms with Crippen molar-refractivity contribution >= 4 is 40.9 Å². The molecule has 0 radical (unpaired) electrons. The van der Waals surface area contributed by atoms with E-state index in [-0.39, 0.29) is 23.4 Å². The number of nitrogens with zero attached hydrogens (tertiary/aromatic N) is 2. The molecule has 1 N–H and O–H groups in total. The van der Waals surface area contributed by atoms with Crippen LogP contribution in [0.4, 0.5) is 13.2 Å². The van der Waals surface area contributed by atoms with Crippen LogP contribution in [0.25, 0.3) is 16.9 Å². The summed E-state index contributed by atoms with van der Waals surface area (Å²) >= 11 is 13.3. The first-order valence-corrected chi connectivity index (χ1v) is 10.9. The van der Waals surface area contributed by atoms with Crippen molar-refractivity contribution in [2.45, 2.75) is 31.2 Å². The number of hydrogen-bond acceptors (Lipinski definition) is 3. The number of thioether (sulfide) groups is 1. The fourth-order valence-electron chi connectivity index (χ4n) is 2.86. The number of alkyl halides is 3. The second-order valence-corrected chi connectivity index (χ2v) is 8.71. The van der Waals surface area contributed by atoms with E-state index < -0.39 is 11.7 Å². The van der Waals surface area contributed by atoms with Crippen LogP contribution in [-0.4, -0.2) is 27.3 Å². The number of amides is 1. The molecule has 0 bridgehead atoms. The van der Waals surface area contributed by atoms with E-state index in [0.717, 1.165) is 23.9 Å². The molecule has 0 aliphatic heterocycles. The Labute approximate surface area is 191 Å². The molecule has 1 amide bonds. The highest BCUT2D eigenvalue weighted by Gasteiger charge is 2.31. The van der Waals surface area contributed by atoms with Gasteiger partial charge in [-0.2, -0.15) is 13.2 Å². The van der Waals surface area contributed by atoms with E-state index >= 15 is 0 Å². The van der Waals surface area contributed by atoms with Gasteiger partial charge in [-0.05, 0) is 44.2 Å². The molecule has 0 saturated heterocycles. The molecule has 1 aromatic heterocycles. The van der Waals surface area contributed by atoms with Crippen molar-refractivity contribution in [1.29, 1.82) is 0 Å². The van der Waals surface area contributed by atoms with Crippen LogP contribution in [0.3, 0.4) is 0 Å². The first kappa shape index (κ1) is 23.5. The molecule has 0 fully saturated rings. The molecule has 0 spiro atoms. The van der Waals surface area contributed by atoms with E-state index in [1.807, 2.05) is 13.8 Å². The molecule has 10 heteroatoms. The fourth-order valence-corrected chi connectivity index (χ4v) is 3.96. The number of nitrogens with one attached hydrogen (secondary N) is 1. The van der Waals surface area contributed by atoms with Crippen LogP contribution in [0.5, 0.6) is 0 Å². The van der Waals surface area contributed by atoms with Crippen molar-refractivity contribution in [2.24, 2.45) is 0 Å². The highest BCUT2D eigenvalue weighted by Crippen LogP contribution is 2.35. The van der Waals surface area contributed by atoms with E-state index in [4.69, 9.17) is 23.2 Å². The van der Waals surface area contributed by atoms with E-state index in [9.17, 15) is 18.0 Å². The van der Waals surface area contributed by atoms with E-state index in [2.05, 4.69) is 10.3 Å². The van der Waals surface area contributed by atoms with Gasteiger partial charge in [-0.15, -0.1) is 0 Å². The minimum Gasteiger partial charge on any atom is -0.353 e. The summed E-state index contributed by atoms with van der Waals surface area (Å²) in [6.07, 6.45) is -2.96. The van der Waals surface area contributed by atoms with Crippen molar-refractivity contribution in [1.82, 2.24) is 14.9 Å². The van der Waals surface area contributed by atoms with Crippen LogP contribution in [0.1, 0.15) is 19.4 Å². The molecular formula is C21H18Cl2F3N3OS. The lowest BCUT2D eigenvalue weighted by atomic mass is 10.1. The third-order valence-corrected chi connectivity index (χ3v) is 5.85. The zero-order valence-corrected chi connectivity index (χ0v) is 18.8. The molecule has 2 aromatic carbocycles. The zero-order chi connectivity index (χ0) is 22.8. The zero-order valence-electron chi connectivity index (χ0n) is 16.5. The normalized spacial score (nSPS) is 11.7. The van der Waals surface area contributed by atoms with E-state index in [1.54, 1.807) is 28.8 Å². The number of benzene rings is 2. The molecule has 4 nitrogen and oxygen atoms in total. The lowest BCUT2D eigenvalue weighted by Gasteiger charge is -2.15. The number of rotatable bonds is 6. The Balaban J connectivity index is 2.08. The molecule has 0 saturated carbocycles. The Kier molecular flexibility index (Phi) is 7.24. The standard InChI is InChI=1S/C21H18Cl2F3N3OS/c1-12(2)28-19(30)11-31-20-27-10-18(13-6-7-16(22)17(23)8-13)29(20)15-5-3-4-14(9-15)21(24,25)26/h3-10,12H,11H2,1-2H3,(H,28,30). The van der Waals surface area contributed by atoms with E-state index in [1.165, 1.54) is 12.3 Å². The minimum atomic E-state index is -4.50. The largest absolute Gasteiger partial charge is 0.416 e. The van der Waals surface area contributed by atoms with Gasteiger partial charge in [0, 0.05) is 17.3 Å². The van der Waals surface area contributed by atoms with Gasteiger partial charge in [0.1, 0.15) is 0 Å². The Morgan fingerprint density at radius 3 is 2.55 bits per heavy atom. The summed E-state index contributed by atoms with van der Waals surface area (Å²) in [5.74, 6) is -0.135. The maximum absolute atomic E-state index is 13.3. The van der Waals surface area contributed by atoms with Gasteiger partial charge in [0.05, 0.1) is 33.3 Å². The van der Waals surface area contributed by atoms with Crippen molar-refractivity contribution in [3.05, 3.63) is 64.3 Å². The maximum Gasteiger partial charge on any atom is 0.416 e. The summed E-state index contributed by atoms with van der Waals surface area (Å²) in [6.45, 7) is 3.68. The Morgan fingerprint density at radius 2 is 1.90 bits per heavy atom. The first-order chi connectivity index (χ1) is 14.6. The summed E-state index contributed by atoms with van der Waals surface area (Å²) in [7, 11) is 0. The quantitative estimate of drug-likeness (QED) is 0.404. The molecule has 3 rings (SSSR count). The van der Waals surface area contributed by atoms with Gasteiger partial charge >= 0.3 is 6.18 Å². The van der Waals surface area contributed by atoms with Crippen molar-refractivity contribution in [2.75, 3.05) is 5.75 Å². The van der Waals surface area contributed by atoms with Gasteiger partial charge in [-0.1, -0.05) is 47.1 Å². The second-order valence-electron chi connectivity index (χ2n) is 6.95. The molecule has 3 aromatic rings. The summed E-state index contributed by atoms with van der Waals surface area (Å²) < 4.78 is 41.4. The number of carbonyl (C=O) groups is 1. The monoisotopic (exact) mass is 487 g/mol. The van der Waals surface area contributed by atoms with Crippen LogP contribution in [0.2, 0.25) is 10.0 Å². The van der Waals surface area contributed by atoms with Crippen LogP contribution in [0.15, 0.2) is 53.8 Å². The first-order valence-electron chi connectivity index (χ1n) is 9.19. The van der Waals surface area contributed by atoms with Gasteiger partial charge in [0.2, 0.25) is 5.91 Å². The predicted octanol–water partition coefficient (Wildman–Crippen LogP) is 6.48. The lowest BCUT2D eigenvalue weighted by molar-refractivity contribution is -0.137. The highest BCUT2D eigenvalue weighted by molar-refractivity contribution is 7.99. The number of imidazole rings is 1. The number of halogens is 5. The van der Waals surface area contributed by atoms with Gasteiger partial charge in [-0.25, -0.2) is 4.98 Å². The Morgan fingerprint density at radius 1 is 1.16 bits per heavy atom. The second kappa shape index (κ2) is 9.54.